The minimum Gasteiger partial charge on any atom is -0.406 e. The molecule has 2 aromatic rings. The molecule has 2 atom stereocenters. The third kappa shape index (κ3) is 4.99. The van der Waals surface area contributed by atoms with Gasteiger partial charge in [-0.3, -0.25) is 4.90 Å². The Bertz CT molecular complexity index is 1060. The minimum absolute atomic E-state index is 0.226. The van der Waals surface area contributed by atoms with Crippen LogP contribution in [0.5, 0.6) is 5.75 Å². The van der Waals surface area contributed by atoms with Gasteiger partial charge in [0.15, 0.2) is 11.6 Å². The summed E-state index contributed by atoms with van der Waals surface area (Å²) in [4.78, 5) is 1.86. The Kier molecular flexibility index (Phi) is 5.69. The first-order valence-corrected chi connectivity index (χ1v) is 11.1. The van der Waals surface area contributed by atoms with Crippen LogP contribution in [-0.4, -0.2) is 38.3 Å². The van der Waals surface area contributed by atoms with E-state index in [0.29, 0.717) is 18.5 Å². The number of sulfonamides is 1. The van der Waals surface area contributed by atoms with E-state index < -0.39 is 45.9 Å². The summed E-state index contributed by atoms with van der Waals surface area (Å²) in [5.41, 5.74) is 0.463. The van der Waals surface area contributed by atoms with Gasteiger partial charge in [0.2, 0.25) is 10.0 Å². The Hall–Kier alpha value is -2.24. The summed E-state index contributed by atoms with van der Waals surface area (Å²) in [5, 5.41) is 0. The molecule has 0 unspecified atom stereocenters. The van der Waals surface area contributed by atoms with Crippen LogP contribution in [0.2, 0.25) is 0 Å². The lowest BCUT2D eigenvalue weighted by atomic mass is 10.0. The number of rotatable bonds is 6. The van der Waals surface area contributed by atoms with Gasteiger partial charge < -0.3 is 4.74 Å². The Morgan fingerprint density at radius 2 is 1.65 bits per heavy atom. The smallest absolute Gasteiger partial charge is 0.406 e. The van der Waals surface area contributed by atoms with Gasteiger partial charge in [-0.25, -0.2) is 21.9 Å². The maximum absolute atomic E-state index is 13.8. The van der Waals surface area contributed by atoms with E-state index in [1.54, 1.807) is 0 Å². The fourth-order valence-corrected chi connectivity index (χ4v) is 5.24. The lowest BCUT2D eigenvalue weighted by Gasteiger charge is -2.29. The van der Waals surface area contributed by atoms with Crippen LogP contribution in [0.3, 0.4) is 0 Å². The highest BCUT2D eigenvalue weighted by Gasteiger charge is 2.44. The lowest BCUT2D eigenvalue weighted by molar-refractivity contribution is -0.274. The molecule has 31 heavy (non-hydrogen) atoms. The first kappa shape index (κ1) is 22.0. The lowest BCUT2D eigenvalue weighted by Crippen LogP contribution is -2.40. The van der Waals surface area contributed by atoms with Gasteiger partial charge in [-0.2, -0.15) is 0 Å². The zero-order valence-electron chi connectivity index (χ0n) is 16.1. The van der Waals surface area contributed by atoms with Crippen molar-refractivity contribution in [3.05, 3.63) is 59.7 Å². The van der Waals surface area contributed by atoms with Gasteiger partial charge in [-0.05, 0) is 61.2 Å². The predicted octanol–water partition coefficient (Wildman–Crippen LogP) is 4.12. The summed E-state index contributed by atoms with van der Waals surface area (Å²) in [6.45, 7) is 0.583. The molecule has 2 fully saturated rings. The summed E-state index contributed by atoms with van der Waals surface area (Å²) in [6.07, 6.45) is -2.54. The number of alkyl halides is 3. The van der Waals surface area contributed by atoms with Gasteiger partial charge in [0.05, 0.1) is 10.9 Å². The van der Waals surface area contributed by atoms with Gasteiger partial charge in [0.1, 0.15) is 5.75 Å². The number of hydrogen-bond donors (Lipinski definition) is 1. The molecule has 2 aromatic carbocycles. The Labute approximate surface area is 175 Å². The van der Waals surface area contributed by atoms with Crippen LogP contribution in [-0.2, 0) is 10.0 Å². The molecule has 4 rings (SSSR count). The van der Waals surface area contributed by atoms with Crippen molar-refractivity contribution >= 4 is 10.0 Å². The number of hydrogen-bond acceptors (Lipinski definition) is 4. The number of benzene rings is 2. The molecule has 1 saturated carbocycles. The molecule has 1 aliphatic heterocycles. The third-order valence-corrected chi connectivity index (χ3v) is 6.92. The summed E-state index contributed by atoms with van der Waals surface area (Å²) in [5.74, 6) is -2.54. The van der Waals surface area contributed by atoms with Crippen LogP contribution >= 0.6 is 0 Å². The molecular formula is C20H19F5N2O3S. The average Bonchev–Trinajstić information content (AvgIpc) is 3.44. The molecule has 0 bridgehead atoms. The molecule has 1 heterocycles. The first-order valence-electron chi connectivity index (χ1n) is 9.62. The largest absolute Gasteiger partial charge is 0.573 e. The van der Waals surface area contributed by atoms with Crippen molar-refractivity contribution in [2.75, 3.05) is 6.54 Å². The zero-order valence-corrected chi connectivity index (χ0v) is 16.9. The van der Waals surface area contributed by atoms with Crippen molar-refractivity contribution in [2.45, 2.75) is 48.6 Å². The highest BCUT2D eigenvalue weighted by molar-refractivity contribution is 7.89. The Morgan fingerprint density at radius 1 is 0.968 bits per heavy atom. The van der Waals surface area contributed by atoms with Gasteiger partial charge in [-0.15, -0.1) is 13.2 Å². The molecule has 0 aromatic heterocycles. The molecule has 0 amide bonds. The summed E-state index contributed by atoms with van der Waals surface area (Å²) in [6, 6.07) is 6.56. The van der Waals surface area contributed by atoms with Gasteiger partial charge in [0.25, 0.3) is 0 Å². The normalized spacial score (nSPS) is 22.6. The van der Waals surface area contributed by atoms with Gasteiger partial charge in [-0.1, -0.05) is 6.07 Å². The van der Waals surface area contributed by atoms with Crippen LogP contribution in [0, 0.1) is 11.6 Å². The molecular weight excluding hydrogens is 443 g/mol. The van der Waals surface area contributed by atoms with Crippen LogP contribution in [0.15, 0.2) is 47.4 Å². The summed E-state index contributed by atoms with van der Waals surface area (Å²) >= 11 is 0. The second-order valence-electron chi connectivity index (χ2n) is 7.62. The highest BCUT2D eigenvalue weighted by atomic mass is 32.2. The third-order valence-electron chi connectivity index (χ3n) is 5.41. The van der Waals surface area contributed by atoms with E-state index in [0.717, 1.165) is 49.2 Å². The first-order chi connectivity index (χ1) is 14.5. The number of nitrogens with one attached hydrogen (secondary N) is 1. The molecule has 11 heteroatoms. The minimum atomic E-state index is -4.88. The standard InChI is InChI=1S/C20H19F5N2O3S/c21-16-8-1-12(11-17(16)22)19-18(9-10-27(19)13-2-3-13)26-31(28,29)15-6-4-14(5-7-15)30-20(23,24)25/h1,4-8,11,13,18-19,26H,2-3,9-10H2/t18-,19+/m0/s1. The molecule has 0 spiro atoms. The molecule has 1 saturated heterocycles. The summed E-state index contributed by atoms with van der Waals surface area (Å²) < 4.78 is 96.2. The van der Waals surface area contributed by atoms with Crippen molar-refractivity contribution in [2.24, 2.45) is 0 Å². The Morgan fingerprint density at radius 3 is 2.23 bits per heavy atom. The number of nitrogens with zero attached hydrogens (tertiary/aromatic N) is 1. The van der Waals surface area contributed by atoms with Crippen molar-refractivity contribution < 1.29 is 35.1 Å². The van der Waals surface area contributed by atoms with Gasteiger partial charge >= 0.3 is 6.36 Å². The molecule has 1 N–H and O–H groups in total. The van der Waals surface area contributed by atoms with E-state index >= 15 is 0 Å². The fourth-order valence-electron chi connectivity index (χ4n) is 3.96. The van der Waals surface area contributed by atoms with Crippen molar-refractivity contribution in [3.8, 4) is 5.75 Å². The molecule has 1 aliphatic carbocycles. The predicted molar refractivity (Wildman–Crippen MR) is 101 cm³/mol. The average molecular weight is 462 g/mol. The molecule has 5 nitrogen and oxygen atoms in total. The quantitative estimate of drug-likeness (QED) is 0.657. The maximum atomic E-state index is 13.8. The highest BCUT2D eigenvalue weighted by Crippen LogP contribution is 2.41. The van der Waals surface area contributed by atoms with Crippen LogP contribution < -0.4 is 9.46 Å². The monoisotopic (exact) mass is 462 g/mol. The van der Waals surface area contributed by atoms with Gasteiger partial charge in [0, 0.05) is 18.6 Å². The molecule has 2 aliphatic rings. The molecule has 168 valence electrons. The number of halogens is 5. The van der Waals surface area contributed by atoms with Crippen molar-refractivity contribution in [3.63, 3.8) is 0 Å². The van der Waals surface area contributed by atoms with E-state index in [4.69, 9.17) is 0 Å². The number of likely N-dealkylation sites (tertiary alicyclic amines) is 1. The van der Waals surface area contributed by atoms with E-state index in [2.05, 4.69) is 14.4 Å². The topological polar surface area (TPSA) is 58.6 Å². The SMILES string of the molecule is O=S(=O)(N[C@H]1CCN(C2CC2)[C@@H]1c1ccc(F)c(F)c1)c1ccc(OC(F)(F)F)cc1. The van der Waals surface area contributed by atoms with Crippen LogP contribution in [0.4, 0.5) is 22.0 Å². The summed E-state index contributed by atoms with van der Waals surface area (Å²) in [7, 11) is -4.07. The van der Waals surface area contributed by atoms with E-state index in [-0.39, 0.29) is 10.9 Å². The number of ether oxygens (including phenoxy) is 1. The van der Waals surface area contributed by atoms with Crippen molar-refractivity contribution in [1.29, 1.82) is 0 Å². The van der Waals surface area contributed by atoms with E-state index in [1.165, 1.54) is 6.07 Å². The van der Waals surface area contributed by atoms with E-state index in [9.17, 15) is 30.4 Å². The Balaban J connectivity index is 1.56. The maximum Gasteiger partial charge on any atom is 0.573 e. The second-order valence-corrected chi connectivity index (χ2v) is 9.34. The van der Waals surface area contributed by atoms with E-state index in [1.807, 2.05) is 0 Å². The molecule has 0 radical (unpaired) electrons. The fraction of sp³-hybridized carbons (Fsp3) is 0.400. The van der Waals surface area contributed by atoms with Crippen LogP contribution in [0.25, 0.3) is 0 Å². The zero-order chi connectivity index (χ0) is 22.4. The van der Waals surface area contributed by atoms with Crippen molar-refractivity contribution in [1.82, 2.24) is 9.62 Å². The second kappa shape index (κ2) is 8.03. The van der Waals surface area contributed by atoms with Crippen LogP contribution in [0.1, 0.15) is 30.9 Å².